The fourth-order valence-corrected chi connectivity index (χ4v) is 5.17. The highest BCUT2D eigenvalue weighted by molar-refractivity contribution is 6.07. The molecule has 0 heterocycles. The van der Waals surface area contributed by atoms with Crippen molar-refractivity contribution in [2.24, 2.45) is 0 Å². The highest BCUT2D eigenvalue weighted by atomic mass is 16.4. The molecule has 0 aromatic heterocycles. The molecule has 0 saturated heterocycles. The van der Waals surface area contributed by atoms with E-state index in [4.69, 9.17) is 0 Å². The first-order chi connectivity index (χ1) is 24.5. The van der Waals surface area contributed by atoms with Gasteiger partial charge < -0.3 is 41.5 Å². The Morgan fingerprint density at radius 1 is 0.500 bits per heavy atom. The molecule has 9 N–H and O–H groups in total. The summed E-state index contributed by atoms with van der Waals surface area (Å²) in [6, 6.07) is 22.6. The maximum absolute atomic E-state index is 13.7. The molecule has 4 rings (SSSR count). The minimum absolute atomic E-state index is 0.0572. The van der Waals surface area contributed by atoms with Crippen molar-refractivity contribution in [2.75, 3.05) is 0 Å². The van der Waals surface area contributed by atoms with Gasteiger partial charge in [0, 0.05) is 22.3 Å². The molecule has 0 aliphatic rings. The maximum Gasteiger partial charge on any atom is 0.260 e. The number of carbonyl (C=O) groups is 5. The van der Waals surface area contributed by atoms with Gasteiger partial charge in [-0.05, 0) is 74.2 Å². The van der Waals surface area contributed by atoms with Crippen LogP contribution in [0.4, 0.5) is 0 Å². The number of nitrogens with one attached hydrogen (secondary N) is 4. The van der Waals surface area contributed by atoms with E-state index >= 15 is 0 Å². The first kappa shape index (κ1) is 39.0. The summed E-state index contributed by atoms with van der Waals surface area (Å²) >= 11 is 0. The van der Waals surface area contributed by atoms with Gasteiger partial charge in [0.05, 0.1) is 0 Å². The van der Waals surface area contributed by atoms with Gasteiger partial charge in [-0.3, -0.25) is 29.3 Å². The standard InChI is InChI=1S/C38H36N4O10/c1-21-13-5-9-17-25(21)31(45)39-35(49)29(43)37(51,41-33(47)27-19-11-7-15-23(27)3)38(52,42-34(48)28-20-12-8-16-24(28)4)30(44)36(50)40-32(46)26-18-10-6-14-22(26)2/h5-20,29-30,35,43-44,49,51-52H,1-4H2,(H,39,45)(H,41,47)(H,42,48)(H,40,46,50)/t29-,30+,35?,37-,38-/m1/s1. The lowest BCUT2D eigenvalue weighted by Crippen LogP contribution is -2.83. The molecule has 14 nitrogen and oxygen atoms in total. The molecule has 0 bridgehead atoms. The van der Waals surface area contributed by atoms with Gasteiger partial charge >= 0.3 is 0 Å². The van der Waals surface area contributed by atoms with Crippen LogP contribution in [-0.4, -0.2) is 85.0 Å². The van der Waals surface area contributed by atoms with E-state index in [0.717, 1.165) is 0 Å². The van der Waals surface area contributed by atoms with E-state index in [1.54, 1.807) is 12.1 Å². The molecule has 0 spiro atoms. The topological polar surface area (TPSA) is 235 Å². The molecule has 52 heavy (non-hydrogen) atoms. The first-order valence-electron chi connectivity index (χ1n) is 15.5. The smallest absolute Gasteiger partial charge is 0.260 e. The second kappa shape index (κ2) is 16.1. The summed E-state index contributed by atoms with van der Waals surface area (Å²) in [4.78, 5) is 67.0. The summed E-state index contributed by atoms with van der Waals surface area (Å²) in [7, 11) is 0. The van der Waals surface area contributed by atoms with Gasteiger partial charge in [-0.25, -0.2) is 0 Å². The van der Waals surface area contributed by atoms with E-state index in [9.17, 15) is 49.5 Å². The predicted molar refractivity (Wildman–Crippen MR) is 186 cm³/mol. The number of benzene rings is 4. The Morgan fingerprint density at radius 2 is 0.827 bits per heavy atom. The van der Waals surface area contributed by atoms with Crippen LogP contribution in [-0.2, 0) is 4.79 Å². The fraction of sp³-hybridized carbons (Fsp3) is 0.132. The predicted octanol–water partition coefficient (Wildman–Crippen LogP) is 0.379. The maximum atomic E-state index is 13.7. The molecule has 0 fully saturated rings. The van der Waals surface area contributed by atoms with Crippen LogP contribution in [0.5, 0.6) is 0 Å². The monoisotopic (exact) mass is 708 g/mol. The lowest BCUT2D eigenvalue weighted by molar-refractivity contribution is -0.268. The Bertz CT molecular complexity index is 2000. The van der Waals surface area contributed by atoms with E-state index in [0.29, 0.717) is 0 Å². The summed E-state index contributed by atoms with van der Waals surface area (Å²) in [5.41, 5.74) is -8.15. The van der Waals surface area contributed by atoms with Gasteiger partial charge in [-0.2, -0.15) is 0 Å². The number of aliphatic hydroxyl groups is 5. The summed E-state index contributed by atoms with van der Waals surface area (Å²) in [5, 5.41) is 66.2. The number of imide groups is 1. The molecule has 268 valence electrons. The second-order valence-electron chi connectivity index (χ2n) is 11.7. The number of aliphatic hydroxyl groups excluding tert-OH is 3. The molecule has 0 aliphatic carbocycles. The van der Waals surface area contributed by atoms with Crippen LogP contribution in [0.1, 0.15) is 63.7 Å². The molecule has 4 radical (unpaired) electrons. The Labute approximate surface area is 299 Å². The highest BCUT2D eigenvalue weighted by Crippen LogP contribution is 2.29. The van der Waals surface area contributed by atoms with Crippen LogP contribution in [0.2, 0.25) is 0 Å². The van der Waals surface area contributed by atoms with Crippen molar-refractivity contribution in [2.45, 2.75) is 29.9 Å². The summed E-state index contributed by atoms with van der Waals surface area (Å²) in [5.74, 6) is -6.58. The lowest BCUT2D eigenvalue weighted by Gasteiger charge is -2.48. The number of carbonyl (C=O) groups excluding carboxylic acids is 5. The van der Waals surface area contributed by atoms with Crippen molar-refractivity contribution in [3.63, 3.8) is 0 Å². The lowest BCUT2D eigenvalue weighted by atomic mass is 9.85. The Balaban J connectivity index is 1.85. The van der Waals surface area contributed by atoms with E-state index in [2.05, 4.69) is 27.7 Å². The summed E-state index contributed by atoms with van der Waals surface area (Å²) < 4.78 is 0. The van der Waals surface area contributed by atoms with Crippen LogP contribution in [0, 0.1) is 27.7 Å². The van der Waals surface area contributed by atoms with Gasteiger partial charge in [-0.15, -0.1) is 0 Å². The van der Waals surface area contributed by atoms with Crippen LogP contribution in [0.25, 0.3) is 0 Å². The molecule has 4 aromatic carbocycles. The Morgan fingerprint density at radius 3 is 1.21 bits per heavy atom. The third-order valence-electron chi connectivity index (χ3n) is 8.12. The zero-order chi connectivity index (χ0) is 38.4. The molecule has 1 unspecified atom stereocenters. The third-order valence-corrected chi connectivity index (χ3v) is 8.12. The van der Waals surface area contributed by atoms with Crippen molar-refractivity contribution in [1.29, 1.82) is 0 Å². The van der Waals surface area contributed by atoms with Crippen molar-refractivity contribution >= 4 is 29.5 Å². The van der Waals surface area contributed by atoms with Crippen molar-refractivity contribution in [3.8, 4) is 0 Å². The molecule has 5 atom stereocenters. The van der Waals surface area contributed by atoms with E-state index in [-0.39, 0.29) is 44.5 Å². The van der Waals surface area contributed by atoms with Crippen LogP contribution in [0.3, 0.4) is 0 Å². The van der Waals surface area contributed by atoms with E-state index < -0.39 is 59.4 Å². The average molecular weight is 709 g/mol. The zero-order valence-corrected chi connectivity index (χ0v) is 27.6. The quantitative estimate of drug-likeness (QED) is 0.0918. The zero-order valence-electron chi connectivity index (χ0n) is 27.6. The van der Waals surface area contributed by atoms with Crippen LogP contribution < -0.4 is 21.3 Å². The molecule has 5 amide bonds. The first-order valence-corrected chi connectivity index (χ1v) is 15.5. The Hall–Kier alpha value is -5.77. The van der Waals surface area contributed by atoms with Gasteiger partial charge in [0.25, 0.3) is 29.5 Å². The highest BCUT2D eigenvalue weighted by Gasteiger charge is 2.64. The minimum atomic E-state index is -3.94. The number of hydrogen-bond acceptors (Lipinski definition) is 10. The molecule has 4 aromatic rings. The van der Waals surface area contributed by atoms with Crippen molar-refractivity contribution in [1.82, 2.24) is 21.3 Å². The summed E-state index contributed by atoms with van der Waals surface area (Å²) in [6.45, 7) is 14.8. The van der Waals surface area contributed by atoms with E-state index in [1.165, 1.54) is 84.9 Å². The normalized spacial score (nSPS) is 15.1. The number of rotatable bonds is 12. The largest absolute Gasteiger partial charge is 0.383 e. The van der Waals surface area contributed by atoms with Gasteiger partial charge in [0.15, 0.2) is 18.4 Å². The molecular weight excluding hydrogens is 672 g/mol. The van der Waals surface area contributed by atoms with Gasteiger partial charge in [0.2, 0.25) is 11.4 Å². The fourth-order valence-electron chi connectivity index (χ4n) is 5.17. The summed E-state index contributed by atoms with van der Waals surface area (Å²) in [6.07, 6.45) is -8.73. The molecule has 14 heteroatoms. The van der Waals surface area contributed by atoms with Crippen molar-refractivity contribution < 1.29 is 49.5 Å². The van der Waals surface area contributed by atoms with E-state index in [1.807, 2.05) is 21.3 Å². The van der Waals surface area contributed by atoms with Crippen molar-refractivity contribution in [3.05, 3.63) is 169 Å². The minimum Gasteiger partial charge on any atom is -0.383 e. The molecule has 0 saturated carbocycles. The molecule has 0 aliphatic heterocycles. The van der Waals surface area contributed by atoms with Crippen LogP contribution >= 0.6 is 0 Å². The van der Waals surface area contributed by atoms with Gasteiger partial charge in [0.1, 0.15) is 0 Å². The Kier molecular flexibility index (Phi) is 12.1. The molecular formula is C38H36N4O10. The SMILES string of the molecule is [CH2]c1ccccc1C(=O)NC(=O)[C@H](O)[C@](O)(NC(=O)c1ccccc1[CH2])[C@@](O)(NC(=O)c1ccccc1[CH2])[C@H](O)C(O)NC(=O)c1ccccc1[CH2]. The third kappa shape index (κ3) is 8.07. The second-order valence-corrected chi connectivity index (χ2v) is 11.7. The van der Waals surface area contributed by atoms with Gasteiger partial charge in [-0.1, -0.05) is 72.8 Å². The average Bonchev–Trinajstić information content (AvgIpc) is 3.11. The van der Waals surface area contributed by atoms with Crippen LogP contribution in [0.15, 0.2) is 97.1 Å². The number of hydrogen-bond donors (Lipinski definition) is 9. The number of amides is 5.